The monoisotopic (exact) mass is 343 g/mol. The van der Waals surface area contributed by atoms with Gasteiger partial charge in [0.2, 0.25) is 0 Å². The van der Waals surface area contributed by atoms with Gasteiger partial charge in [-0.3, -0.25) is 4.79 Å². The van der Waals surface area contributed by atoms with Crippen molar-refractivity contribution in [2.24, 2.45) is 0 Å². The first kappa shape index (κ1) is 13.6. The zero-order valence-corrected chi connectivity index (χ0v) is 12.8. The molecule has 0 saturated heterocycles. The van der Waals surface area contributed by atoms with E-state index in [-0.39, 0.29) is 5.91 Å². The molecule has 2 nitrogen and oxygen atoms in total. The summed E-state index contributed by atoms with van der Waals surface area (Å²) in [5.41, 5.74) is 1.77. The molecule has 1 heterocycles. The topological polar surface area (TPSA) is 20.3 Å². The number of hydrogen-bond acceptors (Lipinski definition) is 2. The van der Waals surface area contributed by atoms with Gasteiger partial charge in [0, 0.05) is 24.0 Å². The molecular weight excluding hydrogens is 334 g/mol. The Balaban J connectivity index is 2.05. The van der Waals surface area contributed by atoms with Gasteiger partial charge >= 0.3 is 0 Å². The lowest BCUT2D eigenvalue weighted by Gasteiger charge is -2.16. The van der Waals surface area contributed by atoms with Crippen molar-refractivity contribution in [3.8, 4) is 0 Å². The standard InChI is InChI=1S/C13H11BrClNOS/c1-16(7-9-2-4-11(15)5-3-9)13(17)10-6-12(14)18-8-10/h2-6,8H,7H2,1H3. The molecule has 0 atom stereocenters. The molecule has 2 rings (SSSR count). The Kier molecular flexibility index (Phi) is 4.43. The first-order valence-electron chi connectivity index (χ1n) is 5.30. The van der Waals surface area contributed by atoms with E-state index >= 15 is 0 Å². The first-order valence-corrected chi connectivity index (χ1v) is 7.35. The third-order valence-corrected chi connectivity index (χ3v) is 4.25. The number of benzene rings is 1. The Morgan fingerprint density at radius 2 is 2.06 bits per heavy atom. The van der Waals surface area contributed by atoms with E-state index in [2.05, 4.69) is 15.9 Å². The summed E-state index contributed by atoms with van der Waals surface area (Å²) in [7, 11) is 1.79. The smallest absolute Gasteiger partial charge is 0.254 e. The molecular formula is C13H11BrClNOS. The highest BCUT2D eigenvalue weighted by molar-refractivity contribution is 9.11. The fourth-order valence-electron chi connectivity index (χ4n) is 1.58. The van der Waals surface area contributed by atoms with Crippen LogP contribution >= 0.6 is 38.9 Å². The van der Waals surface area contributed by atoms with Crippen LogP contribution in [0.5, 0.6) is 0 Å². The molecule has 0 spiro atoms. The molecule has 94 valence electrons. The zero-order chi connectivity index (χ0) is 13.1. The molecule has 0 saturated carbocycles. The Labute approximate surface area is 123 Å². The van der Waals surface area contributed by atoms with E-state index in [0.717, 1.165) is 9.35 Å². The molecule has 2 aromatic rings. The van der Waals surface area contributed by atoms with Crippen molar-refractivity contribution in [2.45, 2.75) is 6.54 Å². The van der Waals surface area contributed by atoms with Gasteiger partial charge in [0.05, 0.1) is 9.35 Å². The van der Waals surface area contributed by atoms with E-state index in [0.29, 0.717) is 17.1 Å². The normalized spacial score (nSPS) is 10.4. The van der Waals surface area contributed by atoms with E-state index in [4.69, 9.17) is 11.6 Å². The first-order chi connectivity index (χ1) is 8.56. The van der Waals surface area contributed by atoms with Gasteiger partial charge in [-0.25, -0.2) is 0 Å². The van der Waals surface area contributed by atoms with Gasteiger partial charge in [-0.2, -0.15) is 0 Å². The van der Waals surface area contributed by atoms with Crippen LogP contribution in [0.4, 0.5) is 0 Å². The predicted octanol–water partition coefficient (Wildman–Crippen LogP) is 4.44. The maximum atomic E-state index is 12.1. The molecule has 0 aliphatic carbocycles. The molecule has 0 bridgehead atoms. The average Bonchev–Trinajstić information content (AvgIpc) is 2.78. The minimum absolute atomic E-state index is 0.0203. The van der Waals surface area contributed by atoms with Crippen LogP contribution in [0, 0.1) is 0 Å². The maximum Gasteiger partial charge on any atom is 0.254 e. The van der Waals surface area contributed by atoms with Gasteiger partial charge in [0.15, 0.2) is 0 Å². The SMILES string of the molecule is CN(Cc1ccc(Cl)cc1)C(=O)c1csc(Br)c1. The molecule has 1 aromatic carbocycles. The lowest BCUT2D eigenvalue weighted by Crippen LogP contribution is -2.25. The van der Waals surface area contributed by atoms with Gasteiger partial charge in [-0.05, 0) is 39.7 Å². The number of carbonyl (C=O) groups excluding carboxylic acids is 1. The quantitative estimate of drug-likeness (QED) is 0.806. The van der Waals surface area contributed by atoms with Crippen LogP contribution in [-0.2, 0) is 6.54 Å². The molecule has 0 unspecified atom stereocenters. The summed E-state index contributed by atoms with van der Waals surface area (Å²) in [6, 6.07) is 9.35. The van der Waals surface area contributed by atoms with E-state index < -0.39 is 0 Å². The van der Waals surface area contributed by atoms with Gasteiger partial charge in [-0.1, -0.05) is 23.7 Å². The number of thiophene rings is 1. The van der Waals surface area contributed by atoms with Crippen LogP contribution in [0.25, 0.3) is 0 Å². The molecule has 1 aromatic heterocycles. The molecule has 0 aliphatic heterocycles. The Bertz CT molecular complexity index is 552. The fourth-order valence-corrected chi connectivity index (χ4v) is 2.83. The van der Waals surface area contributed by atoms with Crippen LogP contribution in [0.2, 0.25) is 5.02 Å². The summed E-state index contributed by atoms with van der Waals surface area (Å²) in [6.45, 7) is 0.573. The second-order valence-corrected chi connectivity index (χ2v) is 6.65. The second-order valence-electron chi connectivity index (χ2n) is 3.93. The van der Waals surface area contributed by atoms with Gasteiger partial charge < -0.3 is 4.90 Å². The lowest BCUT2D eigenvalue weighted by atomic mass is 10.2. The van der Waals surface area contributed by atoms with Crippen LogP contribution in [0.1, 0.15) is 15.9 Å². The summed E-state index contributed by atoms with van der Waals surface area (Å²) >= 11 is 10.7. The summed E-state index contributed by atoms with van der Waals surface area (Å²) < 4.78 is 0.964. The van der Waals surface area contributed by atoms with Crippen molar-refractivity contribution < 1.29 is 4.79 Å². The summed E-state index contributed by atoms with van der Waals surface area (Å²) in [6.07, 6.45) is 0. The molecule has 18 heavy (non-hydrogen) atoms. The lowest BCUT2D eigenvalue weighted by molar-refractivity contribution is 0.0785. The van der Waals surface area contributed by atoms with Crippen molar-refractivity contribution in [3.05, 3.63) is 55.6 Å². The second kappa shape index (κ2) is 5.87. The Hall–Kier alpha value is -0.840. The average molecular weight is 345 g/mol. The highest BCUT2D eigenvalue weighted by atomic mass is 79.9. The molecule has 1 amide bonds. The molecule has 0 aliphatic rings. The summed E-state index contributed by atoms with van der Waals surface area (Å²) in [4.78, 5) is 13.8. The Morgan fingerprint density at radius 3 is 2.61 bits per heavy atom. The highest BCUT2D eigenvalue weighted by Gasteiger charge is 2.13. The van der Waals surface area contributed by atoms with Crippen molar-refractivity contribution in [1.82, 2.24) is 4.90 Å². The number of hydrogen-bond donors (Lipinski definition) is 0. The van der Waals surface area contributed by atoms with Crippen molar-refractivity contribution in [3.63, 3.8) is 0 Å². The minimum Gasteiger partial charge on any atom is -0.337 e. The number of halogens is 2. The van der Waals surface area contributed by atoms with Crippen LogP contribution < -0.4 is 0 Å². The van der Waals surface area contributed by atoms with Crippen molar-refractivity contribution in [2.75, 3.05) is 7.05 Å². The van der Waals surface area contributed by atoms with E-state index in [1.54, 1.807) is 11.9 Å². The summed E-state index contributed by atoms with van der Waals surface area (Å²) in [5, 5.41) is 2.56. The zero-order valence-electron chi connectivity index (χ0n) is 9.69. The molecule has 0 N–H and O–H groups in total. The van der Waals surface area contributed by atoms with E-state index in [1.165, 1.54) is 11.3 Å². The minimum atomic E-state index is 0.0203. The fraction of sp³-hybridized carbons (Fsp3) is 0.154. The van der Waals surface area contributed by atoms with Gasteiger partial charge in [-0.15, -0.1) is 11.3 Å². The number of carbonyl (C=O) groups is 1. The third kappa shape index (κ3) is 3.34. The molecule has 0 fully saturated rings. The largest absolute Gasteiger partial charge is 0.337 e. The highest BCUT2D eigenvalue weighted by Crippen LogP contribution is 2.22. The van der Waals surface area contributed by atoms with Crippen LogP contribution in [-0.4, -0.2) is 17.9 Å². The number of rotatable bonds is 3. The summed E-state index contributed by atoms with van der Waals surface area (Å²) in [5.74, 6) is 0.0203. The van der Waals surface area contributed by atoms with E-state index in [1.807, 2.05) is 35.7 Å². The van der Waals surface area contributed by atoms with Gasteiger partial charge in [0.25, 0.3) is 5.91 Å². The van der Waals surface area contributed by atoms with E-state index in [9.17, 15) is 4.79 Å². The number of nitrogens with zero attached hydrogens (tertiary/aromatic N) is 1. The van der Waals surface area contributed by atoms with Crippen molar-refractivity contribution in [1.29, 1.82) is 0 Å². The van der Waals surface area contributed by atoms with Crippen molar-refractivity contribution >= 4 is 44.8 Å². The molecule has 5 heteroatoms. The Morgan fingerprint density at radius 1 is 1.39 bits per heavy atom. The predicted molar refractivity (Wildman–Crippen MR) is 79.3 cm³/mol. The third-order valence-electron chi connectivity index (χ3n) is 2.49. The van der Waals surface area contributed by atoms with Gasteiger partial charge in [0.1, 0.15) is 0 Å². The van der Waals surface area contributed by atoms with Crippen LogP contribution in [0.15, 0.2) is 39.5 Å². The maximum absolute atomic E-state index is 12.1. The number of amides is 1. The van der Waals surface area contributed by atoms with Crippen LogP contribution in [0.3, 0.4) is 0 Å². The molecule has 0 radical (unpaired) electrons.